The highest BCUT2D eigenvalue weighted by atomic mass is 32.2. The van der Waals surface area contributed by atoms with Crippen molar-refractivity contribution < 1.29 is 8.42 Å². The zero-order chi connectivity index (χ0) is 11.2. The van der Waals surface area contributed by atoms with E-state index in [1.54, 1.807) is 7.05 Å². The third-order valence-electron chi connectivity index (χ3n) is 1.94. The van der Waals surface area contributed by atoms with E-state index in [2.05, 4.69) is 4.72 Å². The maximum absolute atomic E-state index is 11.5. The SMILES string of the molecule is C/C=C/CCNS(=O)(=O)N(C)C(C)C. The van der Waals surface area contributed by atoms with E-state index in [4.69, 9.17) is 0 Å². The summed E-state index contributed by atoms with van der Waals surface area (Å²) in [5, 5.41) is 0. The van der Waals surface area contributed by atoms with E-state index >= 15 is 0 Å². The van der Waals surface area contributed by atoms with Crippen molar-refractivity contribution in [3.8, 4) is 0 Å². The molecule has 0 radical (unpaired) electrons. The number of nitrogens with zero attached hydrogens (tertiary/aromatic N) is 1. The Balaban J connectivity index is 4.08. The molecule has 0 saturated carbocycles. The lowest BCUT2D eigenvalue weighted by atomic mass is 10.4. The standard InChI is InChI=1S/C9H20N2O2S/c1-5-6-7-8-10-14(12,13)11(4)9(2)3/h5-6,9-10H,7-8H2,1-4H3/b6-5+. The average molecular weight is 220 g/mol. The van der Waals surface area contributed by atoms with Gasteiger partial charge in [0.25, 0.3) is 10.2 Å². The molecule has 0 aliphatic carbocycles. The van der Waals surface area contributed by atoms with E-state index in [0.29, 0.717) is 6.54 Å². The van der Waals surface area contributed by atoms with E-state index in [0.717, 1.165) is 6.42 Å². The van der Waals surface area contributed by atoms with Crippen molar-refractivity contribution in [3.05, 3.63) is 12.2 Å². The first-order valence-corrected chi connectivity index (χ1v) is 6.19. The summed E-state index contributed by atoms with van der Waals surface area (Å²) in [6.07, 6.45) is 4.56. The molecule has 0 bridgehead atoms. The number of hydrogen-bond donors (Lipinski definition) is 1. The number of hydrogen-bond acceptors (Lipinski definition) is 2. The topological polar surface area (TPSA) is 49.4 Å². The van der Waals surface area contributed by atoms with Crippen molar-refractivity contribution in [2.75, 3.05) is 13.6 Å². The number of rotatable bonds is 6. The Labute approximate surface area is 87.2 Å². The Bertz CT molecular complexity index is 271. The minimum Gasteiger partial charge on any atom is -0.202 e. The molecule has 84 valence electrons. The van der Waals surface area contributed by atoms with Crippen LogP contribution in [0, 0.1) is 0 Å². The van der Waals surface area contributed by atoms with Crippen molar-refractivity contribution in [1.29, 1.82) is 0 Å². The Morgan fingerprint density at radius 3 is 2.43 bits per heavy atom. The van der Waals surface area contributed by atoms with Gasteiger partial charge in [0.2, 0.25) is 0 Å². The number of allylic oxidation sites excluding steroid dienone is 1. The average Bonchev–Trinajstić information content (AvgIpc) is 2.11. The summed E-state index contributed by atoms with van der Waals surface area (Å²) in [6.45, 7) is 6.04. The predicted molar refractivity (Wildman–Crippen MR) is 59.3 cm³/mol. The predicted octanol–water partition coefficient (Wildman–Crippen LogP) is 1.13. The molecule has 4 nitrogen and oxygen atoms in total. The van der Waals surface area contributed by atoms with Gasteiger partial charge < -0.3 is 0 Å². The van der Waals surface area contributed by atoms with Gasteiger partial charge in [0, 0.05) is 19.6 Å². The van der Waals surface area contributed by atoms with Crippen LogP contribution < -0.4 is 4.72 Å². The van der Waals surface area contributed by atoms with Crippen LogP contribution in [0.5, 0.6) is 0 Å². The quantitative estimate of drug-likeness (QED) is 0.539. The van der Waals surface area contributed by atoms with E-state index in [9.17, 15) is 8.42 Å². The highest BCUT2D eigenvalue weighted by Gasteiger charge is 2.18. The lowest BCUT2D eigenvalue weighted by Gasteiger charge is -2.20. The molecule has 1 N–H and O–H groups in total. The molecule has 0 aliphatic rings. The molecule has 0 aliphatic heterocycles. The van der Waals surface area contributed by atoms with Crippen molar-refractivity contribution in [2.45, 2.75) is 33.2 Å². The van der Waals surface area contributed by atoms with Gasteiger partial charge in [-0.3, -0.25) is 0 Å². The van der Waals surface area contributed by atoms with Crippen LogP contribution >= 0.6 is 0 Å². The highest BCUT2D eigenvalue weighted by Crippen LogP contribution is 2.00. The van der Waals surface area contributed by atoms with Crippen LogP contribution in [0.15, 0.2) is 12.2 Å². The molecule has 0 spiro atoms. The largest absolute Gasteiger partial charge is 0.279 e. The Morgan fingerprint density at radius 1 is 1.43 bits per heavy atom. The maximum Gasteiger partial charge on any atom is 0.279 e. The molecule has 0 aromatic carbocycles. The fraction of sp³-hybridized carbons (Fsp3) is 0.778. The molecule has 0 fully saturated rings. The van der Waals surface area contributed by atoms with Crippen LogP contribution in [0.4, 0.5) is 0 Å². The van der Waals surface area contributed by atoms with Gasteiger partial charge in [0.05, 0.1) is 0 Å². The Kier molecular flexibility index (Phi) is 5.99. The Morgan fingerprint density at radius 2 is 2.00 bits per heavy atom. The minimum atomic E-state index is -3.29. The maximum atomic E-state index is 11.5. The molecule has 0 aromatic heterocycles. The third-order valence-corrected chi connectivity index (χ3v) is 3.69. The Hall–Kier alpha value is -0.390. The zero-order valence-electron chi connectivity index (χ0n) is 9.32. The summed E-state index contributed by atoms with van der Waals surface area (Å²) in [4.78, 5) is 0. The molecule has 5 heteroatoms. The molecule has 0 aromatic rings. The first-order chi connectivity index (χ1) is 6.41. The second-order valence-corrected chi connectivity index (χ2v) is 5.18. The van der Waals surface area contributed by atoms with Gasteiger partial charge in [0.15, 0.2) is 0 Å². The third kappa shape index (κ3) is 4.74. The second-order valence-electron chi connectivity index (χ2n) is 3.37. The van der Waals surface area contributed by atoms with Gasteiger partial charge in [-0.15, -0.1) is 0 Å². The summed E-state index contributed by atoms with van der Waals surface area (Å²) in [5.41, 5.74) is 0. The normalized spacial score (nSPS) is 13.3. The number of nitrogens with one attached hydrogen (secondary N) is 1. The summed E-state index contributed by atoms with van der Waals surface area (Å²) >= 11 is 0. The van der Waals surface area contributed by atoms with Crippen molar-refractivity contribution >= 4 is 10.2 Å². The van der Waals surface area contributed by atoms with Gasteiger partial charge in [0.1, 0.15) is 0 Å². The van der Waals surface area contributed by atoms with Gasteiger partial charge in [-0.25, -0.2) is 4.72 Å². The molecule has 0 atom stereocenters. The van der Waals surface area contributed by atoms with E-state index in [1.807, 2.05) is 32.9 Å². The fourth-order valence-corrected chi connectivity index (χ4v) is 1.95. The lowest BCUT2D eigenvalue weighted by molar-refractivity contribution is 0.403. The van der Waals surface area contributed by atoms with Gasteiger partial charge in [-0.05, 0) is 27.2 Å². The van der Waals surface area contributed by atoms with E-state index in [-0.39, 0.29) is 6.04 Å². The van der Waals surface area contributed by atoms with E-state index in [1.165, 1.54) is 4.31 Å². The summed E-state index contributed by atoms with van der Waals surface area (Å²) in [5.74, 6) is 0. The molecule has 0 heterocycles. The van der Waals surface area contributed by atoms with Crippen LogP contribution in [-0.2, 0) is 10.2 Å². The van der Waals surface area contributed by atoms with Gasteiger partial charge >= 0.3 is 0 Å². The minimum absolute atomic E-state index is 0.0192. The van der Waals surface area contributed by atoms with Crippen LogP contribution in [-0.4, -0.2) is 32.4 Å². The monoisotopic (exact) mass is 220 g/mol. The van der Waals surface area contributed by atoms with E-state index < -0.39 is 10.2 Å². The van der Waals surface area contributed by atoms with Gasteiger partial charge in [-0.2, -0.15) is 12.7 Å². The smallest absolute Gasteiger partial charge is 0.202 e. The van der Waals surface area contributed by atoms with Gasteiger partial charge in [-0.1, -0.05) is 12.2 Å². The molecule has 0 amide bonds. The molecular formula is C9H20N2O2S. The second kappa shape index (κ2) is 6.16. The first-order valence-electron chi connectivity index (χ1n) is 4.75. The zero-order valence-corrected chi connectivity index (χ0v) is 10.1. The van der Waals surface area contributed by atoms with Crippen LogP contribution in [0.2, 0.25) is 0 Å². The fourth-order valence-electron chi connectivity index (χ4n) is 0.817. The highest BCUT2D eigenvalue weighted by molar-refractivity contribution is 7.87. The van der Waals surface area contributed by atoms with Crippen LogP contribution in [0.3, 0.4) is 0 Å². The lowest BCUT2D eigenvalue weighted by Crippen LogP contribution is -2.42. The molecule has 0 rings (SSSR count). The van der Waals surface area contributed by atoms with Crippen LogP contribution in [0.1, 0.15) is 27.2 Å². The van der Waals surface area contributed by atoms with Crippen LogP contribution in [0.25, 0.3) is 0 Å². The summed E-state index contributed by atoms with van der Waals surface area (Å²) in [7, 11) is -1.72. The van der Waals surface area contributed by atoms with Crippen molar-refractivity contribution in [1.82, 2.24) is 9.03 Å². The molecular weight excluding hydrogens is 200 g/mol. The summed E-state index contributed by atoms with van der Waals surface area (Å²) in [6, 6.07) is -0.0192. The molecule has 14 heavy (non-hydrogen) atoms. The summed E-state index contributed by atoms with van der Waals surface area (Å²) < 4.78 is 26.9. The first kappa shape index (κ1) is 13.6. The molecule has 0 saturated heterocycles. The van der Waals surface area contributed by atoms with Crippen molar-refractivity contribution in [2.24, 2.45) is 0 Å². The van der Waals surface area contributed by atoms with Crippen molar-refractivity contribution in [3.63, 3.8) is 0 Å². The molecule has 0 unspecified atom stereocenters.